The summed E-state index contributed by atoms with van der Waals surface area (Å²) in [4.78, 5) is 14.9. The molecule has 1 aliphatic rings. The third-order valence-corrected chi connectivity index (χ3v) is 5.07. The van der Waals surface area contributed by atoms with Crippen LogP contribution in [0.3, 0.4) is 0 Å². The van der Waals surface area contributed by atoms with Crippen molar-refractivity contribution in [3.05, 3.63) is 35.4 Å². The van der Waals surface area contributed by atoms with Crippen LogP contribution in [0.4, 0.5) is 0 Å². The second-order valence-electron chi connectivity index (χ2n) is 7.00. The molecule has 6 heteroatoms. The number of nitrogens with zero attached hydrogens (tertiary/aromatic N) is 1. The lowest BCUT2D eigenvalue weighted by Gasteiger charge is -2.28. The zero-order valence-electron chi connectivity index (χ0n) is 15.6. The number of benzene rings is 1. The molecule has 1 aliphatic carbocycles. The Labute approximate surface area is 164 Å². The van der Waals surface area contributed by atoms with Gasteiger partial charge in [0.15, 0.2) is 0 Å². The van der Waals surface area contributed by atoms with Crippen molar-refractivity contribution in [3.8, 4) is 0 Å². The monoisotopic (exact) mass is 389 g/mol. The predicted molar refractivity (Wildman–Crippen MR) is 110 cm³/mol. The predicted octanol–water partition coefficient (Wildman–Crippen LogP) is 3.76. The van der Waals surface area contributed by atoms with E-state index >= 15 is 0 Å². The number of carbonyl (C=O) groups excluding carboxylic acids is 1. The van der Waals surface area contributed by atoms with Gasteiger partial charge in [0.05, 0.1) is 5.54 Å². The summed E-state index contributed by atoms with van der Waals surface area (Å²) in [7, 11) is 0. The van der Waals surface area contributed by atoms with E-state index in [1.54, 1.807) is 0 Å². The summed E-state index contributed by atoms with van der Waals surface area (Å²) < 4.78 is 0. The zero-order valence-corrected chi connectivity index (χ0v) is 17.2. The summed E-state index contributed by atoms with van der Waals surface area (Å²) in [6.07, 6.45) is 4.29. The Hall–Kier alpha value is -0.810. The summed E-state index contributed by atoms with van der Waals surface area (Å²) >= 11 is 0. The van der Waals surface area contributed by atoms with E-state index in [-0.39, 0.29) is 36.3 Å². The van der Waals surface area contributed by atoms with Gasteiger partial charge in [0, 0.05) is 24.7 Å². The molecule has 1 aromatic rings. The SMILES string of the molecule is CCN(Cc1ccc(C(=O)NC2(CN)CCCC2)cc1)C(C)C.Cl.Cl. The summed E-state index contributed by atoms with van der Waals surface area (Å²) in [5.74, 6) is 0.0000993. The Balaban J connectivity index is 0.00000288. The highest BCUT2D eigenvalue weighted by Crippen LogP contribution is 2.29. The van der Waals surface area contributed by atoms with Gasteiger partial charge in [0.25, 0.3) is 5.91 Å². The molecule has 1 fully saturated rings. The molecule has 0 spiro atoms. The van der Waals surface area contributed by atoms with Crippen LogP contribution in [0, 0.1) is 0 Å². The number of nitrogens with one attached hydrogen (secondary N) is 1. The lowest BCUT2D eigenvalue weighted by Crippen LogP contribution is -2.51. The molecule has 1 amide bonds. The molecule has 2 rings (SSSR count). The molecule has 1 aromatic carbocycles. The minimum absolute atomic E-state index is 0. The van der Waals surface area contributed by atoms with Crippen molar-refractivity contribution in [2.75, 3.05) is 13.1 Å². The number of hydrogen-bond donors (Lipinski definition) is 2. The fourth-order valence-corrected chi connectivity index (χ4v) is 3.40. The van der Waals surface area contributed by atoms with Gasteiger partial charge in [-0.25, -0.2) is 0 Å². The average Bonchev–Trinajstić information content (AvgIpc) is 3.01. The molecule has 3 N–H and O–H groups in total. The van der Waals surface area contributed by atoms with Gasteiger partial charge in [0.2, 0.25) is 0 Å². The minimum Gasteiger partial charge on any atom is -0.345 e. The summed E-state index contributed by atoms with van der Waals surface area (Å²) in [5.41, 5.74) is 7.67. The van der Waals surface area contributed by atoms with Gasteiger partial charge in [-0.2, -0.15) is 0 Å². The van der Waals surface area contributed by atoms with Gasteiger partial charge in [-0.3, -0.25) is 9.69 Å². The van der Waals surface area contributed by atoms with E-state index in [1.165, 1.54) is 5.56 Å². The first-order valence-electron chi connectivity index (χ1n) is 8.85. The standard InChI is InChI=1S/C19H31N3O.2ClH/c1-4-22(15(2)3)13-16-7-9-17(10-8-16)18(23)21-19(14-20)11-5-6-12-19;;/h7-10,15H,4-6,11-14,20H2,1-3H3,(H,21,23);2*1H. The van der Waals surface area contributed by atoms with Crippen LogP contribution in [0.5, 0.6) is 0 Å². The Kier molecular flexibility index (Phi) is 10.7. The van der Waals surface area contributed by atoms with Gasteiger partial charge in [-0.15, -0.1) is 24.8 Å². The van der Waals surface area contributed by atoms with Crippen molar-refractivity contribution in [3.63, 3.8) is 0 Å². The molecule has 0 aromatic heterocycles. The Morgan fingerprint density at radius 3 is 2.20 bits per heavy atom. The zero-order chi connectivity index (χ0) is 16.9. The van der Waals surface area contributed by atoms with Gasteiger partial charge < -0.3 is 11.1 Å². The highest BCUT2D eigenvalue weighted by molar-refractivity contribution is 5.94. The van der Waals surface area contributed by atoms with E-state index in [1.807, 2.05) is 12.1 Å². The molecular formula is C19H33Cl2N3O. The largest absolute Gasteiger partial charge is 0.345 e. The summed E-state index contributed by atoms with van der Waals surface area (Å²) in [6.45, 7) is 9.06. The van der Waals surface area contributed by atoms with Gasteiger partial charge >= 0.3 is 0 Å². The van der Waals surface area contributed by atoms with E-state index in [9.17, 15) is 4.79 Å². The van der Waals surface area contributed by atoms with Crippen molar-refractivity contribution >= 4 is 30.7 Å². The molecular weight excluding hydrogens is 357 g/mol. The molecule has 25 heavy (non-hydrogen) atoms. The lowest BCUT2D eigenvalue weighted by atomic mass is 9.97. The minimum atomic E-state index is -0.188. The van der Waals surface area contributed by atoms with E-state index in [0.29, 0.717) is 12.6 Å². The maximum atomic E-state index is 12.5. The summed E-state index contributed by atoms with van der Waals surface area (Å²) in [6, 6.07) is 8.50. The maximum Gasteiger partial charge on any atom is 0.251 e. The first-order valence-corrected chi connectivity index (χ1v) is 8.85. The molecule has 144 valence electrons. The maximum absolute atomic E-state index is 12.5. The highest BCUT2D eigenvalue weighted by atomic mass is 35.5. The third-order valence-electron chi connectivity index (χ3n) is 5.07. The summed E-state index contributed by atoms with van der Waals surface area (Å²) in [5, 5.41) is 3.17. The molecule has 0 radical (unpaired) electrons. The number of hydrogen-bond acceptors (Lipinski definition) is 3. The fraction of sp³-hybridized carbons (Fsp3) is 0.632. The normalized spacial score (nSPS) is 15.6. The van der Waals surface area contributed by atoms with Crippen molar-refractivity contribution < 1.29 is 4.79 Å². The first-order chi connectivity index (χ1) is 11.0. The number of nitrogens with two attached hydrogens (primary N) is 1. The van der Waals surface area contributed by atoms with Crippen LogP contribution in [0.25, 0.3) is 0 Å². The van der Waals surface area contributed by atoms with Crippen LogP contribution in [0.15, 0.2) is 24.3 Å². The molecule has 1 saturated carbocycles. The van der Waals surface area contributed by atoms with Crippen LogP contribution in [-0.2, 0) is 6.54 Å². The van der Waals surface area contributed by atoms with Crippen LogP contribution in [0.1, 0.15) is 62.4 Å². The van der Waals surface area contributed by atoms with Crippen LogP contribution in [0.2, 0.25) is 0 Å². The third kappa shape index (κ3) is 6.45. The number of rotatable bonds is 7. The Bertz CT molecular complexity index is 514. The van der Waals surface area contributed by atoms with Gasteiger partial charge in [-0.1, -0.05) is 31.9 Å². The second kappa shape index (κ2) is 11.0. The Morgan fingerprint density at radius 1 is 1.20 bits per heavy atom. The highest BCUT2D eigenvalue weighted by Gasteiger charge is 2.34. The smallest absolute Gasteiger partial charge is 0.251 e. The molecule has 4 nitrogen and oxygen atoms in total. The van der Waals surface area contributed by atoms with Gasteiger partial charge in [0.1, 0.15) is 0 Å². The molecule has 0 saturated heterocycles. The van der Waals surface area contributed by atoms with Gasteiger partial charge in [-0.05, 0) is 50.9 Å². The van der Waals surface area contributed by atoms with E-state index in [2.05, 4.69) is 43.1 Å². The van der Waals surface area contributed by atoms with E-state index in [4.69, 9.17) is 5.73 Å². The lowest BCUT2D eigenvalue weighted by molar-refractivity contribution is 0.0903. The number of carbonyl (C=O) groups is 1. The first kappa shape index (κ1) is 24.2. The molecule has 0 aliphatic heterocycles. The van der Waals surface area contributed by atoms with E-state index in [0.717, 1.165) is 44.3 Å². The van der Waals surface area contributed by atoms with Crippen molar-refractivity contribution in [2.24, 2.45) is 5.73 Å². The van der Waals surface area contributed by atoms with Crippen LogP contribution in [-0.4, -0.2) is 35.5 Å². The van der Waals surface area contributed by atoms with Crippen LogP contribution >= 0.6 is 24.8 Å². The molecule has 0 unspecified atom stereocenters. The second-order valence-corrected chi connectivity index (χ2v) is 7.00. The van der Waals surface area contributed by atoms with Crippen molar-refractivity contribution in [1.82, 2.24) is 10.2 Å². The fourth-order valence-electron chi connectivity index (χ4n) is 3.40. The molecule has 0 heterocycles. The van der Waals surface area contributed by atoms with Crippen LogP contribution < -0.4 is 11.1 Å². The van der Waals surface area contributed by atoms with E-state index < -0.39 is 0 Å². The molecule has 0 bridgehead atoms. The average molecular weight is 390 g/mol. The topological polar surface area (TPSA) is 58.4 Å². The molecule has 0 atom stereocenters. The number of amides is 1. The quantitative estimate of drug-likeness (QED) is 0.745. The number of halogens is 2. The van der Waals surface area contributed by atoms with Crippen molar-refractivity contribution in [1.29, 1.82) is 0 Å². The Morgan fingerprint density at radius 2 is 1.76 bits per heavy atom. The van der Waals surface area contributed by atoms with Crippen molar-refractivity contribution in [2.45, 2.75) is 64.6 Å².